The molecule has 1 aromatic carbocycles. The van der Waals surface area contributed by atoms with Crippen LogP contribution in [0.4, 0.5) is 0 Å². The fourth-order valence-electron chi connectivity index (χ4n) is 3.69. The predicted molar refractivity (Wildman–Crippen MR) is 92.8 cm³/mol. The third-order valence-corrected chi connectivity index (χ3v) is 5.45. The van der Waals surface area contributed by atoms with Crippen LogP contribution in [-0.2, 0) is 13.0 Å². The number of nitrogens with zero attached hydrogens (tertiary/aromatic N) is 3. The van der Waals surface area contributed by atoms with Crippen LogP contribution < -0.4 is 0 Å². The SMILES string of the molecule is Oc1ccc(-c2nc(C3CC3)nc3c2CN(CC2CC2)CC3)cc1. The Morgan fingerprint density at radius 2 is 1.83 bits per heavy atom. The summed E-state index contributed by atoms with van der Waals surface area (Å²) in [7, 11) is 0. The second-order valence-electron chi connectivity index (χ2n) is 7.61. The van der Waals surface area contributed by atoms with Crippen molar-refractivity contribution in [2.45, 2.75) is 44.6 Å². The van der Waals surface area contributed by atoms with Crippen molar-refractivity contribution in [3.8, 4) is 17.0 Å². The number of hydrogen-bond acceptors (Lipinski definition) is 4. The molecule has 0 unspecified atom stereocenters. The Labute approximate surface area is 142 Å². The number of hydrogen-bond donors (Lipinski definition) is 1. The summed E-state index contributed by atoms with van der Waals surface area (Å²) < 4.78 is 0. The largest absolute Gasteiger partial charge is 0.508 e. The Hall–Kier alpha value is -1.94. The van der Waals surface area contributed by atoms with Crippen molar-refractivity contribution in [3.05, 3.63) is 41.3 Å². The molecular formula is C20H23N3O. The molecule has 0 amide bonds. The summed E-state index contributed by atoms with van der Waals surface area (Å²) in [5.41, 5.74) is 4.74. The van der Waals surface area contributed by atoms with Crippen LogP contribution in [0.25, 0.3) is 11.3 Å². The number of benzene rings is 1. The molecule has 5 rings (SSSR count). The monoisotopic (exact) mass is 321 g/mol. The molecule has 4 nitrogen and oxygen atoms in total. The van der Waals surface area contributed by atoms with Gasteiger partial charge in [-0.1, -0.05) is 0 Å². The molecule has 1 aliphatic heterocycles. The minimum Gasteiger partial charge on any atom is -0.508 e. The van der Waals surface area contributed by atoms with Gasteiger partial charge in [-0.05, 0) is 55.9 Å². The van der Waals surface area contributed by atoms with E-state index >= 15 is 0 Å². The molecule has 1 aromatic heterocycles. The van der Waals surface area contributed by atoms with Crippen molar-refractivity contribution in [3.63, 3.8) is 0 Å². The first-order valence-electron chi connectivity index (χ1n) is 9.18. The molecule has 2 aromatic rings. The first kappa shape index (κ1) is 14.4. The molecule has 1 N–H and O–H groups in total. The van der Waals surface area contributed by atoms with E-state index in [2.05, 4.69) is 4.90 Å². The van der Waals surface area contributed by atoms with E-state index in [0.29, 0.717) is 11.7 Å². The number of aromatic nitrogens is 2. The summed E-state index contributed by atoms with van der Waals surface area (Å²) in [6.07, 6.45) is 6.27. The van der Waals surface area contributed by atoms with Gasteiger partial charge in [-0.25, -0.2) is 9.97 Å². The van der Waals surface area contributed by atoms with Crippen LogP contribution in [0.5, 0.6) is 5.75 Å². The highest BCUT2D eigenvalue weighted by Crippen LogP contribution is 2.40. The van der Waals surface area contributed by atoms with Crippen molar-refractivity contribution in [2.75, 3.05) is 13.1 Å². The van der Waals surface area contributed by atoms with E-state index in [1.54, 1.807) is 12.1 Å². The third-order valence-electron chi connectivity index (χ3n) is 5.45. The van der Waals surface area contributed by atoms with E-state index in [1.807, 2.05) is 12.1 Å². The van der Waals surface area contributed by atoms with Gasteiger partial charge in [-0.15, -0.1) is 0 Å². The Bertz CT molecular complexity index is 763. The lowest BCUT2D eigenvalue weighted by molar-refractivity contribution is 0.241. The number of aromatic hydroxyl groups is 1. The molecule has 0 bridgehead atoms. The summed E-state index contributed by atoms with van der Waals surface area (Å²) in [5, 5.41) is 9.60. The lowest BCUT2D eigenvalue weighted by Gasteiger charge is -2.29. The van der Waals surface area contributed by atoms with Crippen molar-refractivity contribution in [1.82, 2.24) is 14.9 Å². The minimum absolute atomic E-state index is 0.305. The van der Waals surface area contributed by atoms with E-state index in [0.717, 1.165) is 42.5 Å². The van der Waals surface area contributed by atoms with Gasteiger partial charge in [0.25, 0.3) is 0 Å². The first-order valence-corrected chi connectivity index (χ1v) is 9.18. The van der Waals surface area contributed by atoms with Crippen LogP contribution in [-0.4, -0.2) is 33.1 Å². The van der Waals surface area contributed by atoms with Gasteiger partial charge >= 0.3 is 0 Å². The Balaban J connectivity index is 1.55. The molecule has 3 aliphatic rings. The zero-order valence-electron chi connectivity index (χ0n) is 13.9. The number of rotatable bonds is 4. The maximum Gasteiger partial charge on any atom is 0.132 e. The maximum atomic E-state index is 9.60. The molecule has 2 heterocycles. The summed E-state index contributed by atoms with van der Waals surface area (Å²) in [6, 6.07) is 7.47. The molecule has 4 heteroatoms. The van der Waals surface area contributed by atoms with Crippen molar-refractivity contribution in [2.24, 2.45) is 5.92 Å². The molecule has 0 saturated heterocycles. The van der Waals surface area contributed by atoms with Gasteiger partial charge in [0.05, 0.1) is 11.4 Å². The normalized spacial score (nSPS) is 20.8. The number of phenolic OH excluding ortho intramolecular Hbond substituents is 1. The Morgan fingerprint density at radius 3 is 2.54 bits per heavy atom. The van der Waals surface area contributed by atoms with Crippen LogP contribution in [0, 0.1) is 5.92 Å². The van der Waals surface area contributed by atoms with Crippen molar-refractivity contribution >= 4 is 0 Å². The second kappa shape index (κ2) is 5.55. The summed E-state index contributed by atoms with van der Waals surface area (Å²) in [6.45, 7) is 3.31. The molecule has 2 aliphatic carbocycles. The number of phenols is 1. The first-order chi connectivity index (χ1) is 11.8. The van der Waals surface area contributed by atoms with Gasteiger partial charge in [0.1, 0.15) is 11.6 Å². The Morgan fingerprint density at radius 1 is 1.04 bits per heavy atom. The summed E-state index contributed by atoms with van der Waals surface area (Å²) in [5.74, 6) is 2.82. The fourth-order valence-corrected chi connectivity index (χ4v) is 3.69. The molecule has 24 heavy (non-hydrogen) atoms. The van der Waals surface area contributed by atoms with Crippen molar-refractivity contribution < 1.29 is 5.11 Å². The molecule has 2 fully saturated rings. The predicted octanol–water partition coefficient (Wildman–Crippen LogP) is 3.49. The number of fused-ring (bicyclic) bond motifs is 1. The lowest BCUT2D eigenvalue weighted by Crippen LogP contribution is -2.33. The highest BCUT2D eigenvalue weighted by molar-refractivity contribution is 5.65. The van der Waals surface area contributed by atoms with Crippen LogP contribution >= 0.6 is 0 Å². The van der Waals surface area contributed by atoms with E-state index in [9.17, 15) is 5.11 Å². The highest BCUT2D eigenvalue weighted by Gasteiger charge is 2.32. The van der Waals surface area contributed by atoms with E-state index in [-0.39, 0.29) is 0 Å². The average molecular weight is 321 g/mol. The molecule has 0 atom stereocenters. The third kappa shape index (κ3) is 2.80. The Kier molecular flexibility index (Phi) is 3.33. The van der Waals surface area contributed by atoms with Gasteiger partial charge in [0, 0.05) is 43.1 Å². The zero-order valence-corrected chi connectivity index (χ0v) is 13.9. The zero-order chi connectivity index (χ0) is 16.1. The molecule has 124 valence electrons. The summed E-state index contributed by atoms with van der Waals surface area (Å²) >= 11 is 0. The van der Waals surface area contributed by atoms with Gasteiger partial charge < -0.3 is 5.11 Å². The van der Waals surface area contributed by atoms with Gasteiger partial charge in [0.15, 0.2) is 0 Å². The topological polar surface area (TPSA) is 49.3 Å². The van der Waals surface area contributed by atoms with E-state index in [1.165, 1.54) is 43.5 Å². The van der Waals surface area contributed by atoms with Gasteiger partial charge in [-0.2, -0.15) is 0 Å². The second-order valence-corrected chi connectivity index (χ2v) is 7.61. The van der Waals surface area contributed by atoms with Crippen LogP contribution in [0.3, 0.4) is 0 Å². The van der Waals surface area contributed by atoms with Gasteiger partial charge in [-0.3, -0.25) is 4.90 Å². The molecule has 0 spiro atoms. The standard InChI is InChI=1S/C20H23N3O/c24-16-7-5-14(6-8-16)19-17-12-23(11-13-1-2-13)10-9-18(17)21-20(22-19)15-3-4-15/h5-8,13,15,24H,1-4,9-12H2. The van der Waals surface area contributed by atoms with Crippen LogP contribution in [0.15, 0.2) is 24.3 Å². The van der Waals surface area contributed by atoms with Crippen LogP contribution in [0.2, 0.25) is 0 Å². The summed E-state index contributed by atoms with van der Waals surface area (Å²) in [4.78, 5) is 12.5. The average Bonchev–Trinajstić information content (AvgIpc) is 3.48. The molecular weight excluding hydrogens is 298 g/mol. The van der Waals surface area contributed by atoms with E-state index < -0.39 is 0 Å². The molecule has 2 saturated carbocycles. The maximum absolute atomic E-state index is 9.60. The van der Waals surface area contributed by atoms with Crippen LogP contribution in [0.1, 0.15) is 48.7 Å². The highest BCUT2D eigenvalue weighted by atomic mass is 16.3. The van der Waals surface area contributed by atoms with Gasteiger partial charge in [0.2, 0.25) is 0 Å². The quantitative estimate of drug-likeness (QED) is 0.936. The van der Waals surface area contributed by atoms with Crippen molar-refractivity contribution in [1.29, 1.82) is 0 Å². The lowest BCUT2D eigenvalue weighted by atomic mass is 9.98. The smallest absolute Gasteiger partial charge is 0.132 e. The fraction of sp³-hybridized carbons (Fsp3) is 0.500. The minimum atomic E-state index is 0.305. The molecule has 0 radical (unpaired) electrons. The van der Waals surface area contributed by atoms with E-state index in [4.69, 9.17) is 9.97 Å².